The largest absolute Gasteiger partial charge is 0.394 e. The summed E-state index contributed by atoms with van der Waals surface area (Å²) in [5, 5.41) is 20.6. The average Bonchev–Trinajstić information content (AvgIpc) is 2.16. The molecule has 1 heterocycles. The van der Waals surface area contributed by atoms with Gasteiger partial charge in [0.25, 0.3) is 0 Å². The van der Waals surface area contributed by atoms with E-state index < -0.39 is 6.10 Å². The highest BCUT2D eigenvalue weighted by Gasteiger charge is 2.02. The van der Waals surface area contributed by atoms with E-state index in [1.165, 1.54) is 0 Å². The van der Waals surface area contributed by atoms with Gasteiger partial charge in [0.1, 0.15) is 0 Å². The third-order valence-electron chi connectivity index (χ3n) is 1.51. The minimum absolute atomic E-state index is 0.240. The van der Waals surface area contributed by atoms with Gasteiger partial charge < -0.3 is 15.5 Å². The first-order chi connectivity index (χ1) is 6.24. The van der Waals surface area contributed by atoms with E-state index in [-0.39, 0.29) is 6.61 Å². The summed E-state index contributed by atoms with van der Waals surface area (Å²) in [5.41, 5.74) is 0.850. The normalized spacial score (nSPS) is 12.5. The summed E-state index contributed by atoms with van der Waals surface area (Å²) in [4.78, 5) is 3.89. The molecule has 0 saturated carbocycles. The van der Waals surface area contributed by atoms with Crippen LogP contribution in [0.3, 0.4) is 0 Å². The van der Waals surface area contributed by atoms with Gasteiger partial charge in [-0.2, -0.15) is 0 Å². The van der Waals surface area contributed by atoms with E-state index in [4.69, 9.17) is 10.2 Å². The monoisotopic (exact) mass is 246 g/mol. The van der Waals surface area contributed by atoms with Crippen LogP contribution in [0.4, 0.5) is 5.69 Å². The van der Waals surface area contributed by atoms with E-state index in [0.29, 0.717) is 6.54 Å². The molecule has 0 fully saturated rings. The van der Waals surface area contributed by atoms with Crippen LogP contribution < -0.4 is 5.32 Å². The number of rotatable bonds is 4. The molecule has 0 aliphatic heterocycles. The molecule has 0 spiro atoms. The zero-order valence-corrected chi connectivity index (χ0v) is 8.53. The van der Waals surface area contributed by atoms with Gasteiger partial charge in [0.2, 0.25) is 0 Å². The molecule has 0 aliphatic rings. The first-order valence-corrected chi connectivity index (χ1v) is 4.65. The van der Waals surface area contributed by atoms with E-state index in [2.05, 4.69) is 26.2 Å². The highest BCUT2D eigenvalue weighted by molar-refractivity contribution is 9.10. The number of nitrogens with zero attached hydrogens (tertiary/aromatic N) is 1. The van der Waals surface area contributed by atoms with Crippen LogP contribution in [0.5, 0.6) is 0 Å². The molecule has 1 rings (SSSR count). The van der Waals surface area contributed by atoms with Crippen LogP contribution in [0.1, 0.15) is 0 Å². The lowest BCUT2D eigenvalue weighted by Crippen LogP contribution is -2.23. The summed E-state index contributed by atoms with van der Waals surface area (Å²) >= 11 is 3.30. The number of aliphatic hydroxyl groups excluding tert-OH is 2. The lowest BCUT2D eigenvalue weighted by molar-refractivity contribution is 0.105. The van der Waals surface area contributed by atoms with Gasteiger partial charge in [-0.05, 0) is 22.0 Å². The maximum atomic E-state index is 9.07. The fraction of sp³-hybridized carbons (Fsp3) is 0.375. The Morgan fingerprint density at radius 2 is 2.38 bits per heavy atom. The molecule has 3 N–H and O–H groups in total. The minimum atomic E-state index is -0.736. The maximum Gasteiger partial charge on any atom is 0.0942 e. The summed E-state index contributed by atoms with van der Waals surface area (Å²) in [6, 6.07) is 1.79. The zero-order chi connectivity index (χ0) is 9.68. The molecule has 1 aromatic rings. The number of pyridine rings is 1. The summed E-state index contributed by atoms with van der Waals surface area (Å²) in [6.07, 6.45) is 2.58. The van der Waals surface area contributed by atoms with E-state index in [0.717, 1.165) is 10.2 Å². The van der Waals surface area contributed by atoms with Crippen LogP contribution >= 0.6 is 15.9 Å². The van der Waals surface area contributed by atoms with E-state index in [9.17, 15) is 0 Å². The number of hydrogen-bond donors (Lipinski definition) is 3. The number of nitrogens with one attached hydrogen (secondary N) is 1. The molecule has 13 heavy (non-hydrogen) atoms. The van der Waals surface area contributed by atoms with Gasteiger partial charge in [0.05, 0.1) is 22.9 Å². The second-order valence-electron chi connectivity index (χ2n) is 2.57. The molecule has 0 aliphatic carbocycles. The van der Waals surface area contributed by atoms with E-state index in [1.807, 2.05) is 0 Å². The number of hydrogen-bond acceptors (Lipinski definition) is 4. The van der Waals surface area contributed by atoms with Gasteiger partial charge in [-0.15, -0.1) is 0 Å². The number of halogens is 1. The standard InChI is InChI=1S/C8H11BrN2O2/c9-7-4-10-2-1-8(7)11-3-6(13)5-12/h1-2,4,6,12-13H,3,5H2,(H,10,11). The second kappa shape index (κ2) is 5.16. The Hall–Kier alpha value is -0.650. The molecule has 0 aromatic carbocycles. The van der Waals surface area contributed by atoms with Gasteiger partial charge in [0.15, 0.2) is 0 Å². The lowest BCUT2D eigenvalue weighted by atomic mass is 10.3. The third-order valence-corrected chi connectivity index (χ3v) is 2.14. The summed E-state index contributed by atoms with van der Waals surface area (Å²) < 4.78 is 0.833. The number of aromatic nitrogens is 1. The smallest absolute Gasteiger partial charge is 0.0942 e. The fourth-order valence-corrected chi connectivity index (χ4v) is 1.20. The van der Waals surface area contributed by atoms with Gasteiger partial charge in [-0.3, -0.25) is 4.98 Å². The van der Waals surface area contributed by atoms with Gasteiger partial charge in [0, 0.05) is 18.9 Å². The molecule has 1 atom stereocenters. The van der Waals surface area contributed by atoms with Crippen molar-refractivity contribution in [1.29, 1.82) is 0 Å². The van der Waals surface area contributed by atoms with E-state index >= 15 is 0 Å². The quantitative estimate of drug-likeness (QED) is 0.729. The Morgan fingerprint density at radius 3 is 3.00 bits per heavy atom. The van der Waals surface area contributed by atoms with Crippen LogP contribution in [0.15, 0.2) is 22.9 Å². The second-order valence-corrected chi connectivity index (χ2v) is 3.43. The van der Waals surface area contributed by atoms with Gasteiger partial charge >= 0.3 is 0 Å². The molecule has 0 bridgehead atoms. The molecular weight excluding hydrogens is 236 g/mol. The van der Waals surface area contributed by atoms with Crippen molar-refractivity contribution >= 4 is 21.6 Å². The van der Waals surface area contributed by atoms with Crippen molar-refractivity contribution in [3.05, 3.63) is 22.9 Å². The van der Waals surface area contributed by atoms with Gasteiger partial charge in [-0.25, -0.2) is 0 Å². The third kappa shape index (κ3) is 3.30. The SMILES string of the molecule is OCC(O)CNc1ccncc1Br. The summed E-state index contributed by atoms with van der Waals surface area (Å²) in [6.45, 7) is 0.0782. The van der Waals surface area contributed by atoms with Crippen molar-refractivity contribution in [3.63, 3.8) is 0 Å². The van der Waals surface area contributed by atoms with Crippen molar-refractivity contribution in [2.45, 2.75) is 6.10 Å². The molecule has 72 valence electrons. The average molecular weight is 247 g/mol. The molecule has 0 amide bonds. The molecule has 1 unspecified atom stereocenters. The number of aliphatic hydroxyl groups is 2. The number of anilines is 1. The predicted octanol–water partition coefficient (Wildman–Crippen LogP) is 0.609. The van der Waals surface area contributed by atoms with Crippen molar-refractivity contribution in [2.75, 3.05) is 18.5 Å². The molecule has 5 heteroatoms. The summed E-state index contributed by atoms with van der Waals surface area (Å²) in [7, 11) is 0. The fourth-order valence-electron chi connectivity index (χ4n) is 0.811. The molecule has 4 nitrogen and oxygen atoms in total. The zero-order valence-electron chi connectivity index (χ0n) is 6.94. The Balaban J connectivity index is 2.50. The highest BCUT2D eigenvalue weighted by Crippen LogP contribution is 2.19. The minimum Gasteiger partial charge on any atom is -0.394 e. The van der Waals surface area contributed by atoms with Crippen LogP contribution in [-0.2, 0) is 0 Å². The Labute approximate surface area is 84.8 Å². The van der Waals surface area contributed by atoms with Crippen molar-refractivity contribution < 1.29 is 10.2 Å². The van der Waals surface area contributed by atoms with Crippen LogP contribution in [0.25, 0.3) is 0 Å². The van der Waals surface area contributed by atoms with Crippen molar-refractivity contribution in [3.8, 4) is 0 Å². The Morgan fingerprint density at radius 1 is 1.62 bits per heavy atom. The Bertz CT molecular complexity index is 270. The van der Waals surface area contributed by atoms with Crippen LogP contribution in [0.2, 0.25) is 0 Å². The first kappa shape index (κ1) is 10.4. The topological polar surface area (TPSA) is 65.4 Å². The van der Waals surface area contributed by atoms with Crippen LogP contribution in [0, 0.1) is 0 Å². The summed E-state index contributed by atoms with van der Waals surface area (Å²) in [5.74, 6) is 0. The lowest BCUT2D eigenvalue weighted by Gasteiger charge is -2.10. The van der Waals surface area contributed by atoms with Crippen molar-refractivity contribution in [2.24, 2.45) is 0 Å². The van der Waals surface area contributed by atoms with Gasteiger partial charge in [-0.1, -0.05) is 0 Å². The van der Waals surface area contributed by atoms with E-state index in [1.54, 1.807) is 18.5 Å². The Kier molecular flexibility index (Phi) is 4.14. The highest BCUT2D eigenvalue weighted by atomic mass is 79.9. The molecule has 1 aromatic heterocycles. The molecule has 0 radical (unpaired) electrons. The molecule has 0 saturated heterocycles. The first-order valence-electron chi connectivity index (χ1n) is 3.86. The van der Waals surface area contributed by atoms with Crippen molar-refractivity contribution in [1.82, 2.24) is 4.98 Å². The maximum absolute atomic E-state index is 9.07. The molecular formula is C8H11BrN2O2. The van der Waals surface area contributed by atoms with Crippen LogP contribution in [-0.4, -0.2) is 34.5 Å². The predicted molar refractivity (Wildman–Crippen MR) is 53.5 cm³/mol.